The Hall–Kier alpha value is -2.83. The van der Waals surface area contributed by atoms with Crippen LogP contribution in [-0.2, 0) is 16.8 Å². The molecule has 0 radical (unpaired) electrons. The van der Waals surface area contributed by atoms with E-state index in [9.17, 15) is 5.11 Å². The average molecular weight is 681 g/mol. The normalized spacial score (nSPS) is 36.7. The fourth-order valence-corrected chi connectivity index (χ4v) is 13.9. The number of thioether (sulfide) groups is 1. The molecule has 4 fully saturated rings. The van der Waals surface area contributed by atoms with E-state index in [1.807, 2.05) is 54.2 Å². The first kappa shape index (κ1) is 29.1. The summed E-state index contributed by atoms with van der Waals surface area (Å²) in [4.78, 5) is 34.2. The smallest absolute Gasteiger partial charge is 0.189 e. The molecular weight excluding hydrogens is 645 g/mol. The van der Waals surface area contributed by atoms with Crippen LogP contribution in [0.1, 0.15) is 77.1 Å². The van der Waals surface area contributed by atoms with Gasteiger partial charge in [-0.3, -0.25) is 14.5 Å². The Bertz CT molecular complexity index is 2080. The quantitative estimate of drug-likeness (QED) is 0.217. The highest BCUT2D eigenvalue weighted by Crippen LogP contribution is 2.77. The summed E-state index contributed by atoms with van der Waals surface area (Å²) in [5.41, 5.74) is 2.60. The van der Waals surface area contributed by atoms with Gasteiger partial charge in [0.05, 0.1) is 5.41 Å². The second-order valence-corrected chi connectivity index (χ2v) is 17.0. The summed E-state index contributed by atoms with van der Waals surface area (Å²) in [7, 11) is 0. The van der Waals surface area contributed by atoms with Gasteiger partial charge in [0.25, 0.3) is 0 Å². The largest absolute Gasteiger partial charge is 0.508 e. The van der Waals surface area contributed by atoms with Gasteiger partial charge < -0.3 is 5.11 Å². The summed E-state index contributed by atoms with van der Waals surface area (Å²) in [6.45, 7) is 2.23. The van der Waals surface area contributed by atoms with Crippen molar-refractivity contribution in [2.24, 2.45) is 22.7 Å². The highest BCUT2D eigenvalue weighted by atomic mass is 35.5. The van der Waals surface area contributed by atoms with Gasteiger partial charge in [-0.25, -0.2) is 0 Å². The third kappa shape index (κ3) is 3.33. The summed E-state index contributed by atoms with van der Waals surface area (Å²) in [5.74, 6) is 2.74. The van der Waals surface area contributed by atoms with E-state index in [2.05, 4.69) is 42.2 Å². The molecule has 238 valence electrons. The van der Waals surface area contributed by atoms with Crippen molar-refractivity contribution in [3.05, 3.63) is 111 Å². The van der Waals surface area contributed by atoms with Gasteiger partial charge in [-0.2, -0.15) is 0 Å². The van der Waals surface area contributed by atoms with Gasteiger partial charge >= 0.3 is 0 Å². The number of Topliss-reactive ketones (excluding diaryl/α,β-unsaturated/α-hetero) is 2. The number of carbonyl (C=O) groups excluding carboxylic acids is 2. The van der Waals surface area contributed by atoms with Crippen LogP contribution in [0.25, 0.3) is 10.8 Å². The Labute approximate surface area is 288 Å². The van der Waals surface area contributed by atoms with Crippen LogP contribution in [0.15, 0.2) is 72.8 Å². The minimum Gasteiger partial charge on any atom is -0.508 e. The lowest BCUT2D eigenvalue weighted by atomic mass is 9.55. The molecule has 1 unspecified atom stereocenters. The molecule has 6 aliphatic rings. The van der Waals surface area contributed by atoms with Crippen molar-refractivity contribution < 1.29 is 14.7 Å². The minimum absolute atomic E-state index is 0.0225. The first-order valence-corrected chi connectivity index (χ1v) is 18.9. The molecule has 4 aromatic rings. The standard InChI is InChI=1S/C40H35Cl2NO3S/c1-38-15-14-26-25-13-10-24(44)16-22(25)8-11-27(26)31(38)18-39(37(38)46)35(28-12-9-23(41)17-32(28)42)33-19-47-20-43(33)40(39)30-7-3-5-21-4-2-6-29(34(21)30)36(40)45/h2-7,9-10,12-13,16-17,26-27,31,33,35,44H,8,11,14-15,18-20H2,1H3/t26-,27-,31+,33?,35+,38+,39+,40+/m1/s1. The summed E-state index contributed by atoms with van der Waals surface area (Å²) in [6.07, 6.45) is 4.27. The van der Waals surface area contributed by atoms with E-state index in [1.165, 1.54) is 11.1 Å². The second-order valence-electron chi connectivity index (χ2n) is 15.2. The molecule has 8 atom stereocenters. The molecule has 2 spiro atoms. The maximum absolute atomic E-state index is 16.1. The van der Waals surface area contributed by atoms with Crippen LogP contribution in [-0.4, -0.2) is 39.2 Å². The van der Waals surface area contributed by atoms with Crippen LogP contribution in [0.2, 0.25) is 10.0 Å². The number of phenols is 1. The van der Waals surface area contributed by atoms with Gasteiger partial charge in [0, 0.05) is 44.6 Å². The van der Waals surface area contributed by atoms with Gasteiger partial charge in [-0.15, -0.1) is 11.8 Å². The zero-order valence-electron chi connectivity index (χ0n) is 26.1. The SMILES string of the molecule is C[C@]12CC[C@@H]3c4ccc(O)cc4CC[C@H]3[C@@H]1C[C@@]1(C2=O)[C@@H](c2ccc(Cl)cc2Cl)C2CSCN2[C@@]12C(=O)c1cccc3cccc2c13. The Kier molecular flexibility index (Phi) is 5.98. The van der Waals surface area contributed by atoms with Gasteiger partial charge in [-0.1, -0.05) is 78.7 Å². The van der Waals surface area contributed by atoms with Gasteiger partial charge in [0.1, 0.15) is 17.1 Å². The van der Waals surface area contributed by atoms with Crippen LogP contribution < -0.4 is 0 Å². The molecule has 4 aromatic carbocycles. The number of nitrogens with zero attached hydrogens (tertiary/aromatic N) is 1. The van der Waals surface area contributed by atoms with Crippen LogP contribution >= 0.6 is 35.0 Å². The lowest BCUT2D eigenvalue weighted by Crippen LogP contribution is -2.58. The van der Waals surface area contributed by atoms with Crippen molar-refractivity contribution in [1.82, 2.24) is 4.90 Å². The predicted molar refractivity (Wildman–Crippen MR) is 188 cm³/mol. The van der Waals surface area contributed by atoms with Gasteiger partial charge in [0.2, 0.25) is 0 Å². The van der Waals surface area contributed by atoms with Crippen molar-refractivity contribution in [1.29, 1.82) is 0 Å². The van der Waals surface area contributed by atoms with Crippen LogP contribution in [0.3, 0.4) is 0 Å². The second kappa shape index (κ2) is 9.65. The van der Waals surface area contributed by atoms with E-state index in [0.29, 0.717) is 39.9 Å². The first-order chi connectivity index (χ1) is 22.7. The maximum atomic E-state index is 16.1. The topological polar surface area (TPSA) is 57.6 Å². The van der Waals surface area contributed by atoms with E-state index in [4.69, 9.17) is 23.2 Å². The van der Waals surface area contributed by atoms with E-state index < -0.39 is 16.4 Å². The number of halogens is 2. The third-order valence-electron chi connectivity index (χ3n) is 13.6. The highest BCUT2D eigenvalue weighted by molar-refractivity contribution is 7.99. The number of aromatic hydroxyl groups is 1. The lowest BCUT2D eigenvalue weighted by molar-refractivity contribution is -0.139. The molecule has 4 nitrogen and oxygen atoms in total. The Morgan fingerprint density at radius 1 is 0.957 bits per heavy atom. The van der Waals surface area contributed by atoms with Crippen molar-refractivity contribution >= 4 is 57.3 Å². The van der Waals surface area contributed by atoms with Crippen molar-refractivity contribution in [2.75, 3.05) is 11.6 Å². The average Bonchev–Trinajstić information content (AvgIpc) is 3.76. The maximum Gasteiger partial charge on any atom is 0.189 e. The number of ketones is 2. The fraction of sp³-hybridized carbons (Fsp3) is 0.400. The van der Waals surface area contributed by atoms with E-state index >= 15 is 9.59 Å². The minimum atomic E-state index is -1.11. The Balaban J connectivity index is 1.25. The zero-order chi connectivity index (χ0) is 32.0. The fourth-order valence-electron chi connectivity index (χ4n) is 12.1. The zero-order valence-corrected chi connectivity index (χ0v) is 28.5. The Morgan fingerprint density at radius 3 is 2.60 bits per heavy atom. The summed E-state index contributed by atoms with van der Waals surface area (Å²) in [5, 5.41) is 13.5. The number of hydrogen-bond acceptors (Lipinski definition) is 5. The summed E-state index contributed by atoms with van der Waals surface area (Å²) < 4.78 is 0. The van der Waals surface area contributed by atoms with Crippen LogP contribution in [0.5, 0.6) is 5.75 Å². The monoisotopic (exact) mass is 679 g/mol. The van der Waals surface area contributed by atoms with Gasteiger partial charge in [0.15, 0.2) is 5.78 Å². The van der Waals surface area contributed by atoms with Crippen molar-refractivity contribution in [2.45, 2.75) is 62.4 Å². The molecule has 7 heteroatoms. The molecule has 2 saturated carbocycles. The van der Waals surface area contributed by atoms with Crippen LogP contribution in [0, 0.1) is 22.7 Å². The number of hydrogen-bond donors (Lipinski definition) is 1. The molecule has 0 amide bonds. The number of carbonyl (C=O) groups is 2. The molecular formula is C40H35Cl2NO3S. The number of rotatable bonds is 1. The van der Waals surface area contributed by atoms with E-state index in [1.54, 1.807) is 0 Å². The number of phenolic OH excluding ortho intramolecular Hbond substituents is 1. The molecule has 4 aliphatic carbocycles. The summed E-state index contributed by atoms with van der Waals surface area (Å²) >= 11 is 15.5. The first-order valence-electron chi connectivity index (χ1n) is 16.9. The van der Waals surface area contributed by atoms with E-state index in [-0.39, 0.29) is 29.4 Å². The third-order valence-corrected chi connectivity index (χ3v) is 15.2. The molecule has 0 bridgehead atoms. The number of fused-ring (bicyclic) bond motifs is 9. The molecule has 10 rings (SSSR count). The molecule has 2 saturated heterocycles. The van der Waals surface area contributed by atoms with Gasteiger partial charge in [-0.05, 0) is 107 Å². The van der Waals surface area contributed by atoms with Crippen LogP contribution in [0.4, 0.5) is 0 Å². The predicted octanol–water partition coefficient (Wildman–Crippen LogP) is 9.14. The van der Waals surface area contributed by atoms with Crippen molar-refractivity contribution in [3.8, 4) is 5.75 Å². The number of aryl methyl sites for hydroxylation is 1. The molecule has 47 heavy (non-hydrogen) atoms. The van der Waals surface area contributed by atoms with Crippen molar-refractivity contribution in [3.63, 3.8) is 0 Å². The Morgan fingerprint density at radius 2 is 1.77 bits per heavy atom. The highest BCUT2D eigenvalue weighted by Gasteiger charge is 2.82. The summed E-state index contributed by atoms with van der Waals surface area (Å²) in [6, 6.07) is 24.0. The lowest BCUT2D eigenvalue weighted by Gasteiger charge is -2.48. The number of benzene rings is 4. The molecule has 2 heterocycles. The molecule has 2 aliphatic heterocycles. The molecule has 0 aromatic heterocycles. The molecule has 1 N–H and O–H groups in total. The van der Waals surface area contributed by atoms with E-state index in [0.717, 1.165) is 58.9 Å².